The topological polar surface area (TPSA) is 71.4 Å². The lowest BCUT2D eigenvalue weighted by Crippen LogP contribution is -2.05. The van der Waals surface area contributed by atoms with Crippen molar-refractivity contribution in [2.24, 2.45) is 0 Å². The Kier molecular flexibility index (Phi) is 5.22. The summed E-state index contributed by atoms with van der Waals surface area (Å²) in [6.45, 7) is 1.86. The normalized spacial score (nSPS) is 13.2. The van der Waals surface area contributed by atoms with Crippen molar-refractivity contribution in [3.05, 3.63) is 29.8 Å². The first-order chi connectivity index (χ1) is 8.29. The molecule has 0 aliphatic rings. The van der Waals surface area contributed by atoms with E-state index in [0.29, 0.717) is 10.6 Å². The van der Waals surface area contributed by atoms with Crippen molar-refractivity contribution in [2.75, 3.05) is 6.26 Å². The Morgan fingerprint density at radius 1 is 1.33 bits per heavy atom. The van der Waals surface area contributed by atoms with E-state index in [-0.39, 0.29) is 11.7 Å². The third kappa shape index (κ3) is 5.10. The molecule has 0 aromatic heterocycles. The SMILES string of the molecule is CC(CC(=O)O)SCc1ccc(S(C)(=O)=O)cc1. The molecule has 1 aromatic rings. The summed E-state index contributed by atoms with van der Waals surface area (Å²) >= 11 is 1.54. The molecule has 6 heteroatoms. The summed E-state index contributed by atoms with van der Waals surface area (Å²) in [5.41, 5.74) is 0.990. The number of carboxylic acids is 1. The van der Waals surface area contributed by atoms with Gasteiger partial charge in [-0.05, 0) is 17.7 Å². The molecule has 1 rings (SSSR count). The van der Waals surface area contributed by atoms with Crippen LogP contribution < -0.4 is 0 Å². The maximum atomic E-state index is 11.3. The van der Waals surface area contributed by atoms with Crippen molar-refractivity contribution < 1.29 is 18.3 Å². The molecule has 0 saturated heterocycles. The van der Waals surface area contributed by atoms with Gasteiger partial charge in [0.15, 0.2) is 9.84 Å². The summed E-state index contributed by atoms with van der Waals surface area (Å²) in [5.74, 6) is -0.124. The molecule has 0 radical (unpaired) electrons. The molecule has 0 saturated carbocycles. The van der Waals surface area contributed by atoms with E-state index in [2.05, 4.69) is 0 Å². The van der Waals surface area contributed by atoms with E-state index in [1.54, 1.807) is 36.0 Å². The quantitative estimate of drug-likeness (QED) is 0.868. The molecular formula is C12H16O4S2. The Hall–Kier alpha value is -1.01. The number of sulfone groups is 1. The van der Waals surface area contributed by atoms with Crippen LogP contribution in [-0.4, -0.2) is 31.0 Å². The highest BCUT2D eigenvalue weighted by Gasteiger charge is 2.09. The molecule has 1 atom stereocenters. The van der Waals surface area contributed by atoms with Gasteiger partial charge in [0.25, 0.3) is 0 Å². The smallest absolute Gasteiger partial charge is 0.304 e. The van der Waals surface area contributed by atoms with E-state index in [9.17, 15) is 13.2 Å². The summed E-state index contributed by atoms with van der Waals surface area (Å²) < 4.78 is 22.5. The highest BCUT2D eigenvalue weighted by Crippen LogP contribution is 2.21. The highest BCUT2D eigenvalue weighted by molar-refractivity contribution is 7.99. The van der Waals surface area contributed by atoms with Crippen LogP contribution >= 0.6 is 11.8 Å². The van der Waals surface area contributed by atoms with Crippen LogP contribution in [0.2, 0.25) is 0 Å². The number of benzene rings is 1. The first-order valence-corrected chi connectivity index (χ1v) is 8.35. The fourth-order valence-corrected chi connectivity index (χ4v) is 2.94. The second kappa shape index (κ2) is 6.24. The Bertz CT molecular complexity index is 505. The van der Waals surface area contributed by atoms with E-state index in [1.165, 1.54) is 6.26 Å². The Labute approximate surface area is 111 Å². The van der Waals surface area contributed by atoms with Crippen molar-refractivity contribution >= 4 is 27.6 Å². The van der Waals surface area contributed by atoms with Gasteiger partial charge in [0.1, 0.15) is 0 Å². The molecule has 0 heterocycles. The lowest BCUT2D eigenvalue weighted by Gasteiger charge is -2.08. The second-order valence-corrected chi connectivity index (χ2v) is 7.58. The van der Waals surface area contributed by atoms with Crippen LogP contribution in [0, 0.1) is 0 Å². The van der Waals surface area contributed by atoms with Crippen LogP contribution in [0.25, 0.3) is 0 Å². The molecular weight excluding hydrogens is 272 g/mol. The predicted octanol–water partition coefficient (Wildman–Crippen LogP) is 2.19. The molecule has 18 heavy (non-hydrogen) atoms. The monoisotopic (exact) mass is 288 g/mol. The number of hydrogen-bond donors (Lipinski definition) is 1. The van der Waals surface area contributed by atoms with Crippen LogP contribution in [0.15, 0.2) is 29.2 Å². The number of carboxylic acid groups (broad SMARTS) is 1. The van der Waals surface area contributed by atoms with Gasteiger partial charge < -0.3 is 5.11 Å². The second-order valence-electron chi connectivity index (χ2n) is 4.14. The largest absolute Gasteiger partial charge is 0.481 e. The van der Waals surface area contributed by atoms with Crippen LogP contribution in [0.4, 0.5) is 0 Å². The molecule has 100 valence electrons. The van der Waals surface area contributed by atoms with Gasteiger partial charge in [-0.25, -0.2) is 8.42 Å². The summed E-state index contributed by atoms with van der Waals surface area (Å²) in [7, 11) is -3.15. The van der Waals surface area contributed by atoms with Crippen LogP contribution in [0.5, 0.6) is 0 Å². The first-order valence-electron chi connectivity index (χ1n) is 5.41. The minimum atomic E-state index is -3.15. The third-order valence-electron chi connectivity index (χ3n) is 2.35. The average molecular weight is 288 g/mol. The fraction of sp³-hybridized carbons (Fsp3) is 0.417. The van der Waals surface area contributed by atoms with E-state index in [4.69, 9.17) is 5.11 Å². The molecule has 4 nitrogen and oxygen atoms in total. The maximum absolute atomic E-state index is 11.3. The molecule has 0 amide bonds. The average Bonchev–Trinajstić information content (AvgIpc) is 2.25. The minimum Gasteiger partial charge on any atom is -0.481 e. The van der Waals surface area contributed by atoms with Crippen LogP contribution in [0.3, 0.4) is 0 Å². The molecule has 0 aliphatic carbocycles. The number of thioether (sulfide) groups is 1. The van der Waals surface area contributed by atoms with Gasteiger partial charge in [0.05, 0.1) is 11.3 Å². The molecule has 1 unspecified atom stereocenters. The van der Waals surface area contributed by atoms with Crippen molar-refractivity contribution in [1.29, 1.82) is 0 Å². The van der Waals surface area contributed by atoms with Gasteiger partial charge in [0, 0.05) is 17.3 Å². The predicted molar refractivity (Wildman–Crippen MR) is 72.6 cm³/mol. The van der Waals surface area contributed by atoms with Crippen molar-refractivity contribution in [3.63, 3.8) is 0 Å². The Morgan fingerprint density at radius 3 is 2.33 bits per heavy atom. The zero-order chi connectivity index (χ0) is 13.8. The van der Waals surface area contributed by atoms with E-state index < -0.39 is 15.8 Å². The van der Waals surface area contributed by atoms with Gasteiger partial charge in [-0.1, -0.05) is 19.1 Å². The lowest BCUT2D eigenvalue weighted by atomic mass is 10.2. The van der Waals surface area contributed by atoms with Crippen LogP contribution in [0.1, 0.15) is 18.9 Å². The van der Waals surface area contributed by atoms with E-state index >= 15 is 0 Å². The van der Waals surface area contributed by atoms with Crippen molar-refractivity contribution in [3.8, 4) is 0 Å². The van der Waals surface area contributed by atoms with Gasteiger partial charge >= 0.3 is 5.97 Å². The Balaban J connectivity index is 2.57. The van der Waals surface area contributed by atoms with Gasteiger partial charge in [-0.2, -0.15) is 11.8 Å². The van der Waals surface area contributed by atoms with Gasteiger partial charge in [0.2, 0.25) is 0 Å². The first kappa shape index (κ1) is 15.0. The molecule has 0 spiro atoms. The summed E-state index contributed by atoms with van der Waals surface area (Å²) in [4.78, 5) is 10.8. The van der Waals surface area contributed by atoms with Gasteiger partial charge in [-0.3, -0.25) is 4.79 Å². The molecule has 1 N–H and O–H groups in total. The lowest BCUT2D eigenvalue weighted by molar-refractivity contribution is -0.136. The summed E-state index contributed by atoms with van der Waals surface area (Å²) in [6, 6.07) is 6.67. The minimum absolute atomic E-state index is 0.0390. The number of hydrogen-bond acceptors (Lipinski definition) is 4. The standard InChI is InChI=1S/C12H16O4S2/c1-9(7-12(13)14)17-8-10-3-5-11(6-4-10)18(2,15)16/h3-6,9H,7-8H2,1-2H3,(H,13,14). The zero-order valence-corrected chi connectivity index (χ0v) is 11.9. The Morgan fingerprint density at radius 2 is 1.89 bits per heavy atom. The third-order valence-corrected chi connectivity index (χ3v) is 4.71. The molecule has 1 aromatic carbocycles. The molecule has 0 bridgehead atoms. The maximum Gasteiger partial charge on any atom is 0.304 e. The van der Waals surface area contributed by atoms with Crippen molar-refractivity contribution in [1.82, 2.24) is 0 Å². The van der Waals surface area contributed by atoms with Crippen LogP contribution in [-0.2, 0) is 20.4 Å². The molecule has 0 fully saturated rings. The number of rotatable bonds is 6. The summed E-state index contributed by atoms with van der Waals surface area (Å²) in [5, 5.41) is 8.67. The van der Waals surface area contributed by atoms with E-state index in [1.807, 2.05) is 6.92 Å². The van der Waals surface area contributed by atoms with Crippen molar-refractivity contribution in [2.45, 2.75) is 29.2 Å². The highest BCUT2D eigenvalue weighted by atomic mass is 32.2. The van der Waals surface area contributed by atoms with E-state index in [0.717, 1.165) is 5.56 Å². The number of carbonyl (C=O) groups is 1. The fourth-order valence-electron chi connectivity index (χ4n) is 1.38. The molecule has 0 aliphatic heterocycles. The number of aliphatic carboxylic acids is 1. The summed E-state index contributed by atoms with van der Waals surface area (Å²) in [6.07, 6.45) is 1.30. The zero-order valence-electron chi connectivity index (χ0n) is 10.3. The van der Waals surface area contributed by atoms with Gasteiger partial charge in [-0.15, -0.1) is 0 Å².